The Balaban J connectivity index is 1.93. The first kappa shape index (κ1) is 15.6. The number of anilines is 2. The zero-order valence-electron chi connectivity index (χ0n) is 12.5. The van der Waals surface area contributed by atoms with Gasteiger partial charge in [-0.3, -0.25) is 4.79 Å². The van der Waals surface area contributed by atoms with E-state index in [-0.39, 0.29) is 18.8 Å². The highest BCUT2D eigenvalue weighted by Gasteiger charge is 2.16. The number of carbonyl (C=O) groups excluding carboxylic acids is 1. The molecule has 2 N–H and O–H groups in total. The van der Waals surface area contributed by atoms with Gasteiger partial charge in [0, 0.05) is 0 Å². The van der Waals surface area contributed by atoms with E-state index in [1.54, 1.807) is 6.92 Å². The van der Waals surface area contributed by atoms with Crippen LogP contribution < -0.4 is 10.6 Å². The maximum Gasteiger partial charge on any atom is 0.325 e. The maximum absolute atomic E-state index is 11.4. The van der Waals surface area contributed by atoms with Gasteiger partial charge in [-0.2, -0.15) is 0 Å². The van der Waals surface area contributed by atoms with Crippen LogP contribution in [0.5, 0.6) is 0 Å². The van der Waals surface area contributed by atoms with Gasteiger partial charge >= 0.3 is 5.97 Å². The molecule has 0 bridgehead atoms. The molecule has 6 heteroatoms. The van der Waals surface area contributed by atoms with Gasteiger partial charge < -0.3 is 24.8 Å². The molecular formula is C15H22N2O4. The molecule has 0 aliphatic carbocycles. The Morgan fingerprint density at radius 3 is 2.76 bits per heavy atom. The number of hydrogen-bond donors (Lipinski definition) is 2. The number of esters is 1. The summed E-state index contributed by atoms with van der Waals surface area (Å²) in [6, 6.07) is 5.94. The highest BCUT2D eigenvalue weighted by molar-refractivity contribution is 5.78. The molecular weight excluding hydrogens is 272 g/mol. The van der Waals surface area contributed by atoms with Gasteiger partial charge in [0.2, 0.25) is 0 Å². The third kappa shape index (κ3) is 4.91. The fourth-order valence-electron chi connectivity index (χ4n) is 2.06. The van der Waals surface area contributed by atoms with Crippen molar-refractivity contribution < 1.29 is 19.0 Å². The van der Waals surface area contributed by atoms with Crippen LogP contribution in [0.15, 0.2) is 18.2 Å². The lowest BCUT2D eigenvalue weighted by atomic mass is 10.2. The van der Waals surface area contributed by atoms with Crippen LogP contribution in [0.4, 0.5) is 11.4 Å². The van der Waals surface area contributed by atoms with Gasteiger partial charge in [0.05, 0.1) is 37.7 Å². The van der Waals surface area contributed by atoms with Gasteiger partial charge in [-0.15, -0.1) is 0 Å². The van der Waals surface area contributed by atoms with Crippen LogP contribution in [0.1, 0.15) is 12.5 Å². The Morgan fingerprint density at radius 2 is 2.05 bits per heavy atom. The van der Waals surface area contributed by atoms with E-state index in [0.717, 1.165) is 16.9 Å². The summed E-state index contributed by atoms with van der Waals surface area (Å²) in [6.07, 6.45) is -0.219. The summed E-state index contributed by atoms with van der Waals surface area (Å²) in [4.78, 5) is 11.4. The van der Waals surface area contributed by atoms with E-state index in [9.17, 15) is 4.79 Å². The van der Waals surface area contributed by atoms with Gasteiger partial charge in [-0.25, -0.2) is 0 Å². The zero-order valence-corrected chi connectivity index (χ0v) is 12.5. The van der Waals surface area contributed by atoms with E-state index in [2.05, 4.69) is 10.6 Å². The zero-order chi connectivity index (χ0) is 15.1. The SMILES string of the molecule is CCOC(=O)CNc1ccc(C)cc1NCC1OCCO1. The largest absolute Gasteiger partial charge is 0.465 e. The number of carbonyl (C=O) groups is 1. The molecule has 6 nitrogen and oxygen atoms in total. The predicted molar refractivity (Wildman–Crippen MR) is 80.5 cm³/mol. The maximum atomic E-state index is 11.4. The molecule has 2 rings (SSSR count). The van der Waals surface area contributed by atoms with Crippen molar-refractivity contribution in [2.75, 3.05) is 43.5 Å². The second-order valence-electron chi connectivity index (χ2n) is 4.76. The van der Waals surface area contributed by atoms with Crippen LogP contribution in [0.2, 0.25) is 0 Å². The quantitative estimate of drug-likeness (QED) is 0.747. The molecule has 1 aliphatic heterocycles. The number of rotatable bonds is 7. The average Bonchev–Trinajstić information content (AvgIpc) is 2.97. The lowest BCUT2D eigenvalue weighted by Crippen LogP contribution is -2.22. The Kier molecular flexibility index (Phi) is 5.83. The second kappa shape index (κ2) is 7.85. The van der Waals surface area contributed by atoms with Crippen molar-refractivity contribution in [3.63, 3.8) is 0 Å². The summed E-state index contributed by atoms with van der Waals surface area (Å²) in [7, 11) is 0. The summed E-state index contributed by atoms with van der Waals surface area (Å²) >= 11 is 0. The summed E-state index contributed by atoms with van der Waals surface area (Å²) < 4.78 is 15.7. The van der Waals surface area contributed by atoms with E-state index >= 15 is 0 Å². The van der Waals surface area contributed by atoms with Crippen molar-refractivity contribution >= 4 is 17.3 Å². The predicted octanol–water partition coefficient (Wildman–Crippen LogP) is 1.75. The Morgan fingerprint density at radius 1 is 1.29 bits per heavy atom. The van der Waals surface area contributed by atoms with Crippen LogP contribution in [-0.2, 0) is 19.0 Å². The molecule has 1 heterocycles. The molecule has 21 heavy (non-hydrogen) atoms. The van der Waals surface area contributed by atoms with E-state index in [4.69, 9.17) is 14.2 Å². The summed E-state index contributed by atoms with van der Waals surface area (Å²) in [5.74, 6) is -0.272. The van der Waals surface area contributed by atoms with Crippen LogP contribution in [0, 0.1) is 6.92 Å². The Hall–Kier alpha value is -1.79. The smallest absolute Gasteiger partial charge is 0.325 e. The second-order valence-corrected chi connectivity index (χ2v) is 4.76. The lowest BCUT2D eigenvalue weighted by molar-refractivity contribution is -0.140. The molecule has 0 spiro atoms. The molecule has 0 unspecified atom stereocenters. The minimum absolute atomic E-state index is 0.141. The van der Waals surface area contributed by atoms with Crippen LogP contribution in [-0.4, -0.2) is 45.2 Å². The topological polar surface area (TPSA) is 68.8 Å². The van der Waals surface area contributed by atoms with Crippen LogP contribution in [0.3, 0.4) is 0 Å². The standard InChI is InChI=1S/C15H22N2O4/c1-3-19-14(18)9-16-12-5-4-11(2)8-13(12)17-10-15-20-6-7-21-15/h4-5,8,15-17H,3,6-7,9-10H2,1-2H3. The first-order chi connectivity index (χ1) is 10.2. The van der Waals surface area contributed by atoms with Gasteiger partial charge in [-0.1, -0.05) is 6.07 Å². The van der Waals surface area contributed by atoms with Crippen molar-refractivity contribution in [2.24, 2.45) is 0 Å². The minimum Gasteiger partial charge on any atom is -0.465 e. The number of benzene rings is 1. The van der Waals surface area contributed by atoms with Crippen molar-refractivity contribution in [2.45, 2.75) is 20.1 Å². The molecule has 1 aliphatic rings. The number of nitrogens with one attached hydrogen (secondary N) is 2. The monoisotopic (exact) mass is 294 g/mol. The molecule has 116 valence electrons. The summed E-state index contributed by atoms with van der Waals surface area (Å²) in [5, 5.41) is 6.37. The minimum atomic E-state index is -0.272. The lowest BCUT2D eigenvalue weighted by Gasteiger charge is -2.16. The molecule has 0 aromatic heterocycles. The van der Waals surface area contributed by atoms with E-state index in [0.29, 0.717) is 26.4 Å². The third-order valence-corrected chi connectivity index (χ3v) is 3.05. The molecule has 1 aromatic carbocycles. The molecule has 1 saturated heterocycles. The van der Waals surface area contributed by atoms with Crippen molar-refractivity contribution in [1.82, 2.24) is 0 Å². The molecule has 1 fully saturated rings. The number of hydrogen-bond acceptors (Lipinski definition) is 6. The highest BCUT2D eigenvalue weighted by Crippen LogP contribution is 2.23. The first-order valence-corrected chi connectivity index (χ1v) is 7.16. The van der Waals surface area contributed by atoms with Gasteiger partial charge in [-0.05, 0) is 31.5 Å². The van der Waals surface area contributed by atoms with E-state index < -0.39 is 0 Å². The Bertz CT molecular complexity index is 473. The molecule has 0 atom stereocenters. The fourth-order valence-corrected chi connectivity index (χ4v) is 2.06. The average molecular weight is 294 g/mol. The molecule has 0 saturated carbocycles. The summed E-state index contributed by atoms with van der Waals surface area (Å²) in [5.41, 5.74) is 2.90. The van der Waals surface area contributed by atoms with Crippen LogP contribution >= 0.6 is 0 Å². The van der Waals surface area contributed by atoms with Crippen molar-refractivity contribution in [3.05, 3.63) is 23.8 Å². The normalized spacial score (nSPS) is 15.0. The first-order valence-electron chi connectivity index (χ1n) is 7.16. The Labute approximate surface area is 124 Å². The van der Waals surface area contributed by atoms with Crippen LogP contribution in [0.25, 0.3) is 0 Å². The van der Waals surface area contributed by atoms with Gasteiger partial charge in [0.15, 0.2) is 6.29 Å². The molecule has 0 radical (unpaired) electrons. The fraction of sp³-hybridized carbons (Fsp3) is 0.533. The van der Waals surface area contributed by atoms with E-state index in [1.165, 1.54) is 0 Å². The van der Waals surface area contributed by atoms with Crippen molar-refractivity contribution in [3.8, 4) is 0 Å². The van der Waals surface area contributed by atoms with E-state index in [1.807, 2.05) is 25.1 Å². The summed E-state index contributed by atoms with van der Waals surface area (Å²) in [6.45, 7) is 6.17. The van der Waals surface area contributed by atoms with Gasteiger partial charge in [0.1, 0.15) is 6.54 Å². The third-order valence-electron chi connectivity index (χ3n) is 3.05. The van der Waals surface area contributed by atoms with Crippen molar-refractivity contribution in [1.29, 1.82) is 0 Å². The number of ether oxygens (including phenoxy) is 3. The highest BCUT2D eigenvalue weighted by atomic mass is 16.7. The molecule has 1 aromatic rings. The number of aryl methyl sites for hydroxylation is 1. The van der Waals surface area contributed by atoms with Gasteiger partial charge in [0.25, 0.3) is 0 Å². The molecule has 0 amide bonds.